The first-order chi connectivity index (χ1) is 39.7. The van der Waals surface area contributed by atoms with Crippen LogP contribution in [0.25, 0.3) is 55.0 Å². The summed E-state index contributed by atoms with van der Waals surface area (Å²) in [6.07, 6.45) is 0. The fraction of sp³-hybridized carbons (Fsp3) is 0. The fourth-order valence-corrected chi connectivity index (χ4v) is 14.3. The molecular weight excluding hydrogens is 974 g/mol. The second kappa shape index (κ2) is 16.5. The fourth-order valence-electron chi connectivity index (χ4n) is 14.3. The van der Waals surface area contributed by atoms with Crippen molar-refractivity contribution in [1.29, 1.82) is 0 Å². The smallest absolute Gasteiger partial charge is 0.252 e. The Bertz CT molecular complexity index is 4890. The van der Waals surface area contributed by atoms with Gasteiger partial charge in [-0.2, -0.15) is 0 Å². The first kappa shape index (κ1) is 43.6. The van der Waals surface area contributed by atoms with Crippen LogP contribution in [0.1, 0.15) is 0 Å². The second-order valence-corrected chi connectivity index (χ2v) is 21.4. The zero-order chi connectivity index (χ0) is 52.2. The number of hydrogen-bond acceptors (Lipinski definition) is 6. The van der Waals surface area contributed by atoms with Crippen LogP contribution in [0.15, 0.2) is 276 Å². The first-order valence-electron chi connectivity index (χ1n) is 27.6. The van der Waals surface area contributed by atoms with Crippen LogP contribution < -0.4 is 52.4 Å². The highest BCUT2D eigenvalue weighted by molar-refractivity contribution is 7.03. The molecule has 14 aromatic rings. The van der Waals surface area contributed by atoms with Crippen molar-refractivity contribution in [2.45, 2.75) is 0 Å². The zero-order valence-electron chi connectivity index (χ0n) is 43.2. The average molecular weight is 1020 g/mol. The topological polar surface area (TPSA) is 39.2 Å². The van der Waals surface area contributed by atoms with Crippen LogP contribution in [0.4, 0.5) is 68.2 Å². The van der Waals surface area contributed by atoms with E-state index in [0.717, 1.165) is 123 Å². The van der Waals surface area contributed by atoms with Crippen LogP contribution in [0.5, 0.6) is 0 Å². The Hall–Kier alpha value is -10.4. The molecule has 0 aliphatic carbocycles. The number of anilines is 12. The van der Waals surface area contributed by atoms with Gasteiger partial charge in [-0.25, -0.2) is 0 Å². The largest absolute Gasteiger partial charge is 0.456 e. The maximum Gasteiger partial charge on any atom is 0.252 e. The molecule has 0 unspecified atom stereocenters. The molecule has 0 fully saturated rings. The van der Waals surface area contributed by atoms with E-state index in [2.05, 4.69) is 287 Å². The minimum absolute atomic E-state index is 0.166. The van der Waals surface area contributed by atoms with E-state index in [1.165, 1.54) is 32.8 Å². The van der Waals surface area contributed by atoms with Gasteiger partial charge in [0.25, 0.3) is 13.4 Å². The lowest BCUT2D eigenvalue weighted by molar-refractivity contribution is 0.668. The van der Waals surface area contributed by atoms with Crippen LogP contribution in [0, 0.1) is 0 Å². The summed E-state index contributed by atoms with van der Waals surface area (Å²) in [4.78, 5) is 10.1. The van der Waals surface area contributed by atoms with Crippen molar-refractivity contribution in [3.8, 4) is 11.1 Å². The van der Waals surface area contributed by atoms with E-state index < -0.39 is 0 Å². The number of fused-ring (bicyclic) bond motifs is 16. The quantitative estimate of drug-likeness (QED) is 0.160. The summed E-state index contributed by atoms with van der Waals surface area (Å²) < 4.78 is 14.1. The van der Waals surface area contributed by atoms with Crippen LogP contribution in [0.2, 0.25) is 0 Å². The number of rotatable bonds is 5. The zero-order valence-corrected chi connectivity index (χ0v) is 43.2. The highest BCUT2D eigenvalue weighted by atomic mass is 16.3. The van der Waals surface area contributed by atoms with Crippen LogP contribution in [-0.4, -0.2) is 13.4 Å². The van der Waals surface area contributed by atoms with Gasteiger partial charge in [0, 0.05) is 79.7 Å². The second-order valence-electron chi connectivity index (χ2n) is 21.4. The van der Waals surface area contributed by atoms with Gasteiger partial charge in [-0.3, -0.25) is 0 Å². The third kappa shape index (κ3) is 5.94. The molecule has 8 heteroatoms. The maximum absolute atomic E-state index is 7.09. The molecule has 370 valence electrons. The Morgan fingerprint density at radius 1 is 0.263 bits per heavy atom. The first-order valence-corrected chi connectivity index (χ1v) is 27.6. The molecule has 2 aromatic heterocycles. The molecule has 0 atom stereocenters. The van der Waals surface area contributed by atoms with Crippen molar-refractivity contribution in [2.24, 2.45) is 0 Å². The van der Waals surface area contributed by atoms with Crippen molar-refractivity contribution >= 4 is 158 Å². The van der Waals surface area contributed by atoms with Crippen molar-refractivity contribution in [3.63, 3.8) is 0 Å². The highest BCUT2D eigenvalue weighted by Crippen LogP contribution is 2.54. The minimum Gasteiger partial charge on any atom is -0.456 e. The van der Waals surface area contributed by atoms with Gasteiger partial charge in [0.15, 0.2) is 0 Å². The number of benzene rings is 12. The van der Waals surface area contributed by atoms with E-state index in [4.69, 9.17) is 8.83 Å². The van der Waals surface area contributed by atoms with Gasteiger partial charge in [0.2, 0.25) is 0 Å². The predicted molar refractivity (Wildman–Crippen MR) is 334 cm³/mol. The molecule has 4 aliphatic heterocycles. The van der Waals surface area contributed by atoms with Gasteiger partial charge in [0.1, 0.15) is 22.3 Å². The van der Waals surface area contributed by atoms with E-state index in [1.807, 2.05) is 0 Å². The summed E-state index contributed by atoms with van der Waals surface area (Å²) in [5.74, 6) is 0. The highest BCUT2D eigenvalue weighted by Gasteiger charge is 2.50. The Balaban J connectivity index is 1.02. The minimum atomic E-state index is -0.180. The summed E-state index contributed by atoms with van der Waals surface area (Å²) in [6, 6.07) is 97.6. The molecule has 80 heavy (non-hydrogen) atoms. The van der Waals surface area contributed by atoms with Crippen LogP contribution in [-0.2, 0) is 0 Å². The summed E-state index contributed by atoms with van der Waals surface area (Å²) >= 11 is 0. The van der Waals surface area contributed by atoms with Gasteiger partial charge in [-0.1, -0.05) is 182 Å². The molecule has 12 aromatic carbocycles. The normalized spacial score (nSPS) is 13.6. The maximum atomic E-state index is 7.09. The lowest BCUT2D eigenvalue weighted by Gasteiger charge is -2.47. The Kier molecular flexibility index (Phi) is 9.03. The molecule has 0 saturated heterocycles. The lowest BCUT2D eigenvalue weighted by Crippen LogP contribution is -2.65. The molecule has 0 spiro atoms. The molecule has 0 saturated carbocycles. The monoisotopic (exact) mass is 1020 g/mol. The molecule has 4 aliphatic rings. The van der Waals surface area contributed by atoms with Gasteiger partial charge < -0.3 is 28.4 Å². The summed E-state index contributed by atoms with van der Waals surface area (Å²) in [7, 11) is 0. The SMILES string of the molecule is c1ccc(-c2ccccc2N2c3cc4c(cc3B3c5ccccc5N(c5ccccc5)c5c3c2cc2oc3ccccc3c52)B2c3ccccc3N(c3ccccc3)c3c2c(cc2oc5ccccc5c32)N4c2ccccc2)cc1. The van der Waals surface area contributed by atoms with Crippen LogP contribution >= 0.6 is 0 Å². The van der Waals surface area contributed by atoms with Crippen molar-refractivity contribution in [3.05, 3.63) is 267 Å². The van der Waals surface area contributed by atoms with Gasteiger partial charge in [0.05, 0.1) is 27.8 Å². The molecule has 18 rings (SSSR count). The number of hydrogen-bond donors (Lipinski definition) is 0. The lowest BCUT2D eigenvalue weighted by atomic mass is 9.30. The van der Waals surface area contributed by atoms with Crippen molar-refractivity contribution in [1.82, 2.24) is 0 Å². The molecule has 0 N–H and O–H groups in total. The molecule has 0 amide bonds. The van der Waals surface area contributed by atoms with E-state index in [1.54, 1.807) is 0 Å². The van der Waals surface area contributed by atoms with Crippen molar-refractivity contribution in [2.75, 3.05) is 19.6 Å². The van der Waals surface area contributed by atoms with E-state index in [0.29, 0.717) is 0 Å². The summed E-state index contributed by atoms with van der Waals surface area (Å²) in [5, 5.41) is 4.40. The summed E-state index contributed by atoms with van der Waals surface area (Å²) in [6.45, 7) is -0.346. The number of nitrogens with zero attached hydrogens (tertiary/aromatic N) is 4. The number of para-hydroxylation sites is 8. The van der Waals surface area contributed by atoms with Gasteiger partial charge in [-0.15, -0.1) is 0 Å². The molecule has 6 nitrogen and oxygen atoms in total. The number of furan rings is 2. The Labute approximate surface area is 462 Å². The molecular formula is C72H44B2N4O2. The molecule has 0 radical (unpaired) electrons. The van der Waals surface area contributed by atoms with Crippen molar-refractivity contribution < 1.29 is 8.83 Å². The van der Waals surface area contributed by atoms with Crippen LogP contribution in [0.3, 0.4) is 0 Å². The van der Waals surface area contributed by atoms with Gasteiger partial charge in [-0.05, 0) is 111 Å². The van der Waals surface area contributed by atoms with E-state index in [9.17, 15) is 0 Å². The summed E-state index contributed by atoms with van der Waals surface area (Å²) in [5.41, 5.74) is 26.5. The third-order valence-corrected chi connectivity index (χ3v) is 17.4. The van der Waals surface area contributed by atoms with E-state index in [-0.39, 0.29) is 13.4 Å². The predicted octanol–water partition coefficient (Wildman–Crippen LogP) is 15.3. The van der Waals surface area contributed by atoms with Gasteiger partial charge >= 0.3 is 0 Å². The van der Waals surface area contributed by atoms with E-state index >= 15 is 0 Å². The standard InChI is InChI=1S/C72H44B2N4O2/c1-5-23-45(24-6-1)49-31-13-18-36-56(49)78-60-42-59-54(41-55(60)74-53-35-17-20-38-58(53)77(48-29-11-4-12-30-48)72-68-51-33-15-22-40-64(51)80-66(68)44-62(78)70(72)74)73-52-34-16-19-37-57(52)76(47-27-9-3-10-28-47)71-67-50-32-14-21-39-63(50)79-65(67)43-61(69(71)73)75(59)46-25-7-2-8-26-46/h1-44H. The average Bonchev–Trinajstić information content (AvgIpc) is 4.22. The molecule has 6 heterocycles. The Morgan fingerprint density at radius 3 is 1.19 bits per heavy atom. The Morgan fingerprint density at radius 2 is 0.662 bits per heavy atom. The molecule has 0 bridgehead atoms. The third-order valence-electron chi connectivity index (χ3n) is 17.4.